The van der Waals surface area contributed by atoms with Gasteiger partial charge in [0.2, 0.25) is 0 Å². The topological polar surface area (TPSA) is 31.9 Å². The monoisotopic (exact) mass is 269 g/mol. The number of rotatable bonds is 4. The molecule has 1 aliphatic rings. The molecule has 0 unspecified atom stereocenters. The highest BCUT2D eigenvalue weighted by Crippen LogP contribution is 2.22. The number of likely N-dealkylation sites (tertiary alicyclic amines) is 1. The van der Waals surface area contributed by atoms with E-state index in [4.69, 9.17) is 0 Å². The lowest BCUT2D eigenvalue weighted by atomic mass is 9.90. The molecule has 3 heteroatoms. The molecule has 0 saturated carbocycles. The molecule has 0 amide bonds. The van der Waals surface area contributed by atoms with Gasteiger partial charge in [-0.1, -0.05) is 30.3 Å². The second kappa shape index (κ2) is 6.23. The Hall–Kier alpha value is -1.61. The predicted octanol–water partition coefficient (Wildman–Crippen LogP) is 3.17. The van der Waals surface area contributed by atoms with E-state index in [-0.39, 0.29) is 0 Å². The molecule has 1 aromatic heterocycles. The number of aromatic nitrogens is 2. The number of aryl methyl sites for hydroxylation is 1. The van der Waals surface area contributed by atoms with E-state index in [1.165, 1.54) is 49.3 Å². The minimum Gasteiger partial charge on any atom is -0.348 e. The van der Waals surface area contributed by atoms with Gasteiger partial charge >= 0.3 is 0 Å². The molecule has 2 heterocycles. The normalized spacial score (nSPS) is 17.4. The molecule has 0 bridgehead atoms. The van der Waals surface area contributed by atoms with Crippen LogP contribution in [0.1, 0.15) is 29.8 Å². The fourth-order valence-electron chi connectivity index (χ4n) is 3.05. The van der Waals surface area contributed by atoms with Crippen molar-refractivity contribution in [3.63, 3.8) is 0 Å². The largest absolute Gasteiger partial charge is 0.348 e. The average Bonchev–Trinajstić information content (AvgIpc) is 2.88. The number of H-pyrrole nitrogens is 1. The summed E-state index contributed by atoms with van der Waals surface area (Å²) in [6.07, 6.45) is 5.64. The van der Waals surface area contributed by atoms with Crippen LogP contribution in [0.5, 0.6) is 0 Å². The number of piperidine rings is 1. The van der Waals surface area contributed by atoms with Crippen molar-refractivity contribution in [2.75, 3.05) is 13.1 Å². The Kier molecular flexibility index (Phi) is 4.16. The molecule has 20 heavy (non-hydrogen) atoms. The highest BCUT2D eigenvalue weighted by Gasteiger charge is 2.20. The predicted molar refractivity (Wildman–Crippen MR) is 81.5 cm³/mol. The third-order valence-corrected chi connectivity index (χ3v) is 4.38. The Bertz CT molecular complexity index is 524. The quantitative estimate of drug-likeness (QED) is 0.924. The average molecular weight is 269 g/mol. The van der Waals surface area contributed by atoms with Gasteiger partial charge in [-0.25, -0.2) is 4.98 Å². The van der Waals surface area contributed by atoms with E-state index in [2.05, 4.69) is 52.1 Å². The molecule has 1 aromatic carbocycles. The summed E-state index contributed by atoms with van der Waals surface area (Å²) in [6.45, 7) is 5.49. The zero-order valence-corrected chi connectivity index (χ0v) is 12.2. The van der Waals surface area contributed by atoms with Crippen molar-refractivity contribution in [2.45, 2.75) is 32.7 Å². The van der Waals surface area contributed by atoms with Gasteiger partial charge in [-0.3, -0.25) is 4.90 Å². The molecule has 106 valence electrons. The third-order valence-electron chi connectivity index (χ3n) is 4.38. The summed E-state index contributed by atoms with van der Waals surface area (Å²) in [5, 5.41) is 0. The van der Waals surface area contributed by atoms with Gasteiger partial charge < -0.3 is 4.98 Å². The van der Waals surface area contributed by atoms with Crippen molar-refractivity contribution < 1.29 is 0 Å². The molecule has 1 saturated heterocycles. The fraction of sp³-hybridized carbons (Fsp3) is 0.471. The molecule has 0 aliphatic carbocycles. The van der Waals surface area contributed by atoms with Crippen LogP contribution in [0.4, 0.5) is 0 Å². The molecular formula is C17H23N3. The highest BCUT2D eigenvalue weighted by atomic mass is 15.1. The van der Waals surface area contributed by atoms with E-state index in [9.17, 15) is 0 Å². The van der Waals surface area contributed by atoms with Gasteiger partial charge in [0.15, 0.2) is 0 Å². The van der Waals surface area contributed by atoms with Gasteiger partial charge in [0.25, 0.3) is 0 Å². The number of nitrogens with one attached hydrogen (secondary N) is 1. The van der Waals surface area contributed by atoms with E-state index < -0.39 is 0 Å². The molecule has 0 atom stereocenters. The Morgan fingerprint density at radius 2 is 1.95 bits per heavy atom. The van der Waals surface area contributed by atoms with Crippen molar-refractivity contribution in [3.8, 4) is 0 Å². The number of hydrogen-bond donors (Lipinski definition) is 1. The van der Waals surface area contributed by atoms with E-state index >= 15 is 0 Å². The second-order valence-electron chi connectivity index (χ2n) is 5.88. The lowest BCUT2D eigenvalue weighted by Crippen LogP contribution is -2.34. The first kappa shape index (κ1) is 13.4. The zero-order valence-electron chi connectivity index (χ0n) is 12.2. The van der Waals surface area contributed by atoms with Gasteiger partial charge in [0.1, 0.15) is 0 Å². The maximum absolute atomic E-state index is 4.40. The molecule has 0 radical (unpaired) electrons. The minimum absolute atomic E-state index is 0.842. The minimum atomic E-state index is 0.842. The summed E-state index contributed by atoms with van der Waals surface area (Å²) < 4.78 is 0. The van der Waals surface area contributed by atoms with Gasteiger partial charge in [-0.15, -0.1) is 0 Å². The van der Waals surface area contributed by atoms with E-state index in [1.807, 2.05) is 0 Å². The lowest BCUT2D eigenvalue weighted by molar-refractivity contribution is 0.175. The molecular weight excluding hydrogens is 246 g/mol. The standard InChI is InChI=1S/C17H23N3/c1-14-17(19-13-18-14)12-20-9-7-16(8-10-20)11-15-5-3-2-4-6-15/h2-6,13,16H,7-12H2,1H3,(H,18,19). The summed E-state index contributed by atoms with van der Waals surface area (Å²) in [7, 11) is 0. The van der Waals surface area contributed by atoms with Crippen molar-refractivity contribution in [1.82, 2.24) is 14.9 Å². The molecule has 3 nitrogen and oxygen atoms in total. The molecule has 2 aromatic rings. The van der Waals surface area contributed by atoms with Crippen LogP contribution in [0.25, 0.3) is 0 Å². The molecule has 3 rings (SSSR count). The number of nitrogens with zero attached hydrogens (tertiary/aromatic N) is 2. The summed E-state index contributed by atoms with van der Waals surface area (Å²) in [6, 6.07) is 10.9. The van der Waals surface area contributed by atoms with Crippen LogP contribution in [-0.2, 0) is 13.0 Å². The van der Waals surface area contributed by atoms with Gasteiger partial charge in [0.05, 0.1) is 12.0 Å². The number of hydrogen-bond acceptors (Lipinski definition) is 2. The van der Waals surface area contributed by atoms with Crippen LogP contribution in [0.15, 0.2) is 36.7 Å². The lowest BCUT2D eigenvalue weighted by Gasteiger charge is -2.31. The van der Waals surface area contributed by atoms with Crippen LogP contribution < -0.4 is 0 Å². The van der Waals surface area contributed by atoms with Crippen LogP contribution in [0.2, 0.25) is 0 Å². The first-order valence-corrected chi connectivity index (χ1v) is 7.56. The molecule has 1 N–H and O–H groups in total. The molecule has 0 spiro atoms. The Labute approximate surface area is 121 Å². The van der Waals surface area contributed by atoms with E-state index in [1.54, 1.807) is 6.33 Å². The highest BCUT2D eigenvalue weighted by molar-refractivity contribution is 5.15. The van der Waals surface area contributed by atoms with E-state index in [0.717, 1.165) is 12.5 Å². The van der Waals surface area contributed by atoms with Gasteiger partial charge in [-0.05, 0) is 50.8 Å². The van der Waals surface area contributed by atoms with Crippen LogP contribution in [0.3, 0.4) is 0 Å². The maximum atomic E-state index is 4.40. The summed E-state index contributed by atoms with van der Waals surface area (Å²) in [5.74, 6) is 0.842. The van der Waals surface area contributed by atoms with E-state index in [0.29, 0.717) is 0 Å². The zero-order chi connectivity index (χ0) is 13.8. The third kappa shape index (κ3) is 3.28. The summed E-state index contributed by atoms with van der Waals surface area (Å²) >= 11 is 0. The number of aromatic amines is 1. The number of imidazole rings is 1. The van der Waals surface area contributed by atoms with Crippen molar-refractivity contribution in [3.05, 3.63) is 53.6 Å². The molecule has 1 fully saturated rings. The van der Waals surface area contributed by atoms with Crippen molar-refractivity contribution >= 4 is 0 Å². The maximum Gasteiger partial charge on any atom is 0.0925 e. The van der Waals surface area contributed by atoms with Crippen LogP contribution in [-0.4, -0.2) is 28.0 Å². The van der Waals surface area contributed by atoms with Gasteiger partial charge in [0, 0.05) is 12.2 Å². The van der Waals surface area contributed by atoms with Crippen LogP contribution in [0, 0.1) is 12.8 Å². The Morgan fingerprint density at radius 1 is 1.20 bits per heavy atom. The smallest absolute Gasteiger partial charge is 0.0925 e. The Balaban J connectivity index is 1.49. The first-order chi connectivity index (χ1) is 9.81. The van der Waals surface area contributed by atoms with Crippen LogP contribution >= 0.6 is 0 Å². The van der Waals surface area contributed by atoms with Crippen molar-refractivity contribution in [1.29, 1.82) is 0 Å². The summed E-state index contributed by atoms with van der Waals surface area (Å²) in [4.78, 5) is 10.1. The fourth-order valence-corrected chi connectivity index (χ4v) is 3.05. The second-order valence-corrected chi connectivity index (χ2v) is 5.88. The van der Waals surface area contributed by atoms with Gasteiger partial charge in [-0.2, -0.15) is 0 Å². The van der Waals surface area contributed by atoms with Crippen molar-refractivity contribution in [2.24, 2.45) is 5.92 Å². The SMILES string of the molecule is Cc1[nH]cnc1CN1CCC(Cc2ccccc2)CC1. The molecule has 1 aliphatic heterocycles. The number of benzene rings is 1. The Morgan fingerprint density at radius 3 is 2.60 bits per heavy atom. The summed E-state index contributed by atoms with van der Waals surface area (Å²) in [5.41, 5.74) is 3.89. The first-order valence-electron chi connectivity index (χ1n) is 7.56.